The highest BCUT2D eigenvalue weighted by molar-refractivity contribution is 6.29. The number of aromatic nitrogens is 5. The van der Waals surface area contributed by atoms with Crippen LogP contribution < -0.4 is 4.74 Å². The fourth-order valence-electron chi connectivity index (χ4n) is 1.91. The molecule has 0 aliphatic rings. The number of hydrogen-bond acceptors (Lipinski definition) is 5. The summed E-state index contributed by atoms with van der Waals surface area (Å²) in [5, 5.41) is 0.406. The van der Waals surface area contributed by atoms with E-state index in [0.717, 1.165) is 11.4 Å². The standard InChI is InChI=1S/C16H12ClN5O/c1-11-20-13(4-3-12-5-7-18-14(17)9-12)10-22(11)16-19-8-6-15(21-16)23-2/h5-10H,1-2H3. The van der Waals surface area contributed by atoms with Crippen LogP contribution in [-0.4, -0.2) is 31.6 Å². The van der Waals surface area contributed by atoms with E-state index in [4.69, 9.17) is 16.3 Å². The minimum atomic E-state index is 0.406. The Hall–Kier alpha value is -2.91. The van der Waals surface area contributed by atoms with Crippen molar-refractivity contribution in [3.63, 3.8) is 0 Å². The summed E-state index contributed by atoms with van der Waals surface area (Å²) in [6.45, 7) is 1.86. The van der Waals surface area contributed by atoms with E-state index in [9.17, 15) is 0 Å². The summed E-state index contributed by atoms with van der Waals surface area (Å²) < 4.78 is 6.86. The van der Waals surface area contributed by atoms with Crippen molar-refractivity contribution < 1.29 is 4.74 Å². The molecule has 3 heterocycles. The summed E-state index contributed by atoms with van der Waals surface area (Å²) in [4.78, 5) is 16.8. The van der Waals surface area contributed by atoms with Gasteiger partial charge in [-0.2, -0.15) is 4.98 Å². The lowest BCUT2D eigenvalue weighted by atomic mass is 10.3. The van der Waals surface area contributed by atoms with Crippen LogP contribution in [0.1, 0.15) is 17.1 Å². The van der Waals surface area contributed by atoms with E-state index in [-0.39, 0.29) is 0 Å². The second-order valence-electron chi connectivity index (χ2n) is 4.56. The maximum absolute atomic E-state index is 5.84. The van der Waals surface area contributed by atoms with Gasteiger partial charge in [0, 0.05) is 30.2 Å². The van der Waals surface area contributed by atoms with Crippen molar-refractivity contribution in [1.29, 1.82) is 0 Å². The number of hydrogen-bond donors (Lipinski definition) is 0. The maximum Gasteiger partial charge on any atom is 0.238 e. The molecule has 114 valence electrons. The van der Waals surface area contributed by atoms with Crippen LogP contribution in [0.3, 0.4) is 0 Å². The topological polar surface area (TPSA) is 65.7 Å². The SMILES string of the molecule is COc1ccnc(-n2cc(C#Cc3ccnc(Cl)c3)nc2C)n1. The number of nitrogens with zero attached hydrogens (tertiary/aromatic N) is 5. The normalized spacial score (nSPS) is 10.0. The average molecular weight is 326 g/mol. The average Bonchev–Trinajstić information content (AvgIpc) is 2.94. The number of methoxy groups -OCH3 is 1. The van der Waals surface area contributed by atoms with Crippen molar-refractivity contribution in [2.24, 2.45) is 0 Å². The molecule has 0 saturated heterocycles. The molecule has 0 fully saturated rings. The number of pyridine rings is 1. The number of aryl methyl sites for hydroxylation is 1. The lowest BCUT2D eigenvalue weighted by Crippen LogP contribution is -2.02. The van der Waals surface area contributed by atoms with Crippen molar-refractivity contribution in [3.8, 4) is 23.7 Å². The molecule has 23 heavy (non-hydrogen) atoms. The predicted molar refractivity (Wildman–Crippen MR) is 85.7 cm³/mol. The molecule has 3 rings (SSSR count). The van der Waals surface area contributed by atoms with Crippen LogP contribution in [0.4, 0.5) is 0 Å². The van der Waals surface area contributed by atoms with Gasteiger partial charge in [0.25, 0.3) is 0 Å². The summed E-state index contributed by atoms with van der Waals surface area (Å²) >= 11 is 5.84. The van der Waals surface area contributed by atoms with Gasteiger partial charge in [-0.25, -0.2) is 15.0 Å². The van der Waals surface area contributed by atoms with Crippen LogP contribution in [0.5, 0.6) is 5.88 Å². The molecule has 3 aromatic rings. The van der Waals surface area contributed by atoms with E-state index in [0.29, 0.717) is 22.7 Å². The van der Waals surface area contributed by atoms with Gasteiger partial charge in [0.15, 0.2) is 0 Å². The van der Waals surface area contributed by atoms with Gasteiger partial charge >= 0.3 is 0 Å². The van der Waals surface area contributed by atoms with Crippen molar-refractivity contribution in [2.45, 2.75) is 6.92 Å². The van der Waals surface area contributed by atoms with E-state index in [1.54, 1.807) is 48.5 Å². The van der Waals surface area contributed by atoms with Gasteiger partial charge in [0.05, 0.1) is 7.11 Å². The first-order chi connectivity index (χ1) is 11.2. The zero-order chi connectivity index (χ0) is 16.2. The van der Waals surface area contributed by atoms with E-state index in [1.165, 1.54) is 0 Å². The molecule has 0 unspecified atom stereocenters. The zero-order valence-electron chi connectivity index (χ0n) is 12.5. The van der Waals surface area contributed by atoms with Gasteiger partial charge < -0.3 is 4.74 Å². The van der Waals surface area contributed by atoms with Crippen LogP contribution in [0.2, 0.25) is 5.15 Å². The Morgan fingerprint density at radius 2 is 1.96 bits per heavy atom. The second kappa shape index (κ2) is 6.46. The Labute approximate surface area is 138 Å². The molecule has 0 N–H and O–H groups in total. The lowest BCUT2D eigenvalue weighted by molar-refractivity contribution is 0.396. The fourth-order valence-corrected chi connectivity index (χ4v) is 2.09. The third kappa shape index (κ3) is 3.47. The van der Waals surface area contributed by atoms with E-state index < -0.39 is 0 Å². The fraction of sp³-hybridized carbons (Fsp3) is 0.125. The molecule has 0 saturated carbocycles. The molecule has 7 heteroatoms. The number of rotatable bonds is 2. The molecular formula is C16H12ClN5O. The first-order valence-corrected chi connectivity index (χ1v) is 7.10. The van der Waals surface area contributed by atoms with Crippen LogP contribution in [-0.2, 0) is 0 Å². The van der Waals surface area contributed by atoms with Gasteiger partial charge in [0.1, 0.15) is 16.7 Å². The summed E-state index contributed by atoms with van der Waals surface area (Å²) in [6, 6.07) is 5.17. The Morgan fingerprint density at radius 3 is 2.74 bits per heavy atom. The highest BCUT2D eigenvalue weighted by Crippen LogP contribution is 2.11. The third-order valence-electron chi connectivity index (χ3n) is 2.99. The first kappa shape index (κ1) is 15.0. The summed E-state index contributed by atoms with van der Waals surface area (Å²) in [7, 11) is 1.56. The molecule has 0 aliphatic carbocycles. The predicted octanol–water partition coefficient (Wildman–Crippen LogP) is 2.43. The largest absolute Gasteiger partial charge is 0.481 e. The summed E-state index contributed by atoms with van der Waals surface area (Å²) in [6.07, 6.45) is 5.02. The molecule has 0 bridgehead atoms. The minimum absolute atomic E-state index is 0.406. The van der Waals surface area contributed by atoms with Crippen molar-refractivity contribution in [2.75, 3.05) is 7.11 Å². The minimum Gasteiger partial charge on any atom is -0.481 e. The molecular weight excluding hydrogens is 314 g/mol. The molecule has 0 atom stereocenters. The smallest absolute Gasteiger partial charge is 0.238 e. The molecule has 0 aromatic carbocycles. The highest BCUT2D eigenvalue weighted by atomic mass is 35.5. The van der Waals surface area contributed by atoms with Crippen LogP contribution >= 0.6 is 11.6 Å². The lowest BCUT2D eigenvalue weighted by Gasteiger charge is -2.03. The van der Waals surface area contributed by atoms with Crippen LogP contribution in [0, 0.1) is 18.8 Å². The van der Waals surface area contributed by atoms with E-state index in [2.05, 4.69) is 31.8 Å². The number of halogens is 1. The van der Waals surface area contributed by atoms with Gasteiger partial charge in [-0.1, -0.05) is 17.5 Å². The Morgan fingerprint density at radius 1 is 1.13 bits per heavy atom. The summed E-state index contributed by atoms with van der Waals surface area (Å²) in [5.74, 6) is 7.69. The monoisotopic (exact) mass is 325 g/mol. The van der Waals surface area contributed by atoms with E-state index in [1.807, 2.05) is 6.92 Å². The highest BCUT2D eigenvalue weighted by Gasteiger charge is 2.08. The Kier molecular flexibility index (Phi) is 4.22. The number of ether oxygens (including phenoxy) is 1. The van der Waals surface area contributed by atoms with Crippen molar-refractivity contribution >= 4 is 11.6 Å². The molecule has 0 amide bonds. The second-order valence-corrected chi connectivity index (χ2v) is 4.95. The van der Waals surface area contributed by atoms with Crippen LogP contribution in [0.25, 0.3) is 5.95 Å². The Balaban J connectivity index is 1.92. The molecule has 0 spiro atoms. The zero-order valence-corrected chi connectivity index (χ0v) is 13.2. The first-order valence-electron chi connectivity index (χ1n) is 6.72. The van der Waals surface area contributed by atoms with E-state index >= 15 is 0 Å². The molecule has 0 radical (unpaired) electrons. The third-order valence-corrected chi connectivity index (χ3v) is 3.19. The Bertz CT molecular complexity index is 910. The molecule has 3 aromatic heterocycles. The van der Waals surface area contributed by atoms with Gasteiger partial charge in [0.2, 0.25) is 11.8 Å². The molecule has 6 nitrogen and oxygen atoms in total. The van der Waals surface area contributed by atoms with Crippen molar-refractivity contribution in [1.82, 2.24) is 24.5 Å². The van der Waals surface area contributed by atoms with Gasteiger partial charge in [-0.15, -0.1) is 0 Å². The van der Waals surface area contributed by atoms with Crippen LogP contribution in [0.15, 0.2) is 36.8 Å². The van der Waals surface area contributed by atoms with Crippen molar-refractivity contribution in [3.05, 3.63) is 59.0 Å². The van der Waals surface area contributed by atoms with Gasteiger partial charge in [-0.05, 0) is 25.0 Å². The number of imidazole rings is 1. The summed E-state index contributed by atoms with van der Waals surface area (Å²) in [5.41, 5.74) is 1.39. The van der Waals surface area contributed by atoms with Gasteiger partial charge in [-0.3, -0.25) is 4.57 Å². The quantitative estimate of drug-likeness (QED) is 0.535. The maximum atomic E-state index is 5.84. The molecule has 0 aliphatic heterocycles.